The molecule has 0 rings (SSSR count). The van der Waals surface area contributed by atoms with Gasteiger partial charge >= 0.3 is 6.18 Å². The molecule has 0 fully saturated rings. The smallest absolute Gasteiger partial charge is 0.384 e. The number of carbonyl (C=O) groups excluding carboxylic acids is 1. The lowest BCUT2D eigenvalue weighted by molar-refractivity contribution is -0.208. The minimum atomic E-state index is -4.62. The van der Waals surface area contributed by atoms with Crippen molar-refractivity contribution in [2.75, 3.05) is 0 Å². The maximum absolute atomic E-state index is 11.8. The molecule has 0 bridgehead atoms. The van der Waals surface area contributed by atoms with Gasteiger partial charge in [0.1, 0.15) is 5.78 Å². The molecule has 2 atom stereocenters. The third-order valence-corrected chi connectivity index (χ3v) is 1.95. The highest BCUT2D eigenvalue weighted by atomic mass is 19.4. The first-order valence-electron chi connectivity index (χ1n) is 4.04. The Morgan fingerprint density at radius 2 is 1.92 bits per heavy atom. The summed E-state index contributed by atoms with van der Waals surface area (Å²) in [6.45, 7) is 2.85. The Labute approximate surface area is 74.7 Å². The van der Waals surface area contributed by atoms with Crippen LogP contribution in [0.1, 0.15) is 26.7 Å². The van der Waals surface area contributed by atoms with Gasteiger partial charge in [-0.05, 0) is 19.8 Å². The molecule has 5 heteroatoms. The third kappa shape index (κ3) is 4.26. The molecule has 0 heterocycles. The van der Waals surface area contributed by atoms with Crippen LogP contribution < -0.4 is 0 Å². The Morgan fingerprint density at radius 3 is 2.15 bits per heavy atom. The molecule has 0 spiro atoms. The summed E-state index contributed by atoms with van der Waals surface area (Å²) in [5.41, 5.74) is 0. The Balaban J connectivity index is 4.17. The zero-order valence-corrected chi connectivity index (χ0v) is 7.56. The van der Waals surface area contributed by atoms with E-state index in [1.807, 2.05) is 0 Å². The maximum atomic E-state index is 11.8. The van der Waals surface area contributed by atoms with Crippen molar-refractivity contribution in [2.45, 2.75) is 39.0 Å². The standard InChI is InChI=1S/C8H13F3O2/c1-3-6(5(2)12)4-7(13)8(9,10)11/h6-7,13H,3-4H2,1-2H3. The van der Waals surface area contributed by atoms with E-state index >= 15 is 0 Å². The van der Waals surface area contributed by atoms with Crippen LogP contribution in [0, 0.1) is 5.92 Å². The number of hydrogen-bond acceptors (Lipinski definition) is 2. The van der Waals surface area contributed by atoms with Crippen molar-refractivity contribution in [3.05, 3.63) is 0 Å². The zero-order chi connectivity index (χ0) is 10.6. The van der Waals surface area contributed by atoms with E-state index in [-0.39, 0.29) is 5.78 Å². The topological polar surface area (TPSA) is 37.3 Å². The Morgan fingerprint density at radius 1 is 1.46 bits per heavy atom. The van der Waals surface area contributed by atoms with Gasteiger partial charge in [-0.2, -0.15) is 13.2 Å². The van der Waals surface area contributed by atoms with Gasteiger partial charge in [-0.1, -0.05) is 6.92 Å². The SMILES string of the molecule is CCC(CC(O)C(F)(F)F)C(C)=O. The summed E-state index contributed by atoms with van der Waals surface area (Å²) >= 11 is 0. The average molecular weight is 198 g/mol. The fourth-order valence-electron chi connectivity index (χ4n) is 1.02. The van der Waals surface area contributed by atoms with Gasteiger partial charge in [-0.15, -0.1) is 0 Å². The summed E-state index contributed by atoms with van der Waals surface area (Å²) in [4.78, 5) is 10.8. The van der Waals surface area contributed by atoms with Crippen LogP contribution in [0.15, 0.2) is 0 Å². The molecule has 2 nitrogen and oxygen atoms in total. The normalized spacial score (nSPS) is 16.8. The predicted octanol–water partition coefficient (Wildman–Crippen LogP) is 1.91. The molecule has 0 saturated heterocycles. The summed E-state index contributed by atoms with van der Waals surface area (Å²) in [6.07, 6.45) is -7.22. The van der Waals surface area contributed by atoms with E-state index in [1.165, 1.54) is 6.92 Å². The van der Waals surface area contributed by atoms with Crippen LogP contribution in [-0.2, 0) is 4.79 Å². The minimum absolute atomic E-state index is 0.314. The lowest BCUT2D eigenvalue weighted by atomic mass is 9.95. The van der Waals surface area contributed by atoms with Crippen molar-refractivity contribution < 1.29 is 23.1 Å². The van der Waals surface area contributed by atoms with Crippen molar-refractivity contribution in [1.82, 2.24) is 0 Å². The summed E-state index contributed by atoms with van der Waals surface area (Å²) in [5, 5.41) is 8.66. The number of Topliss-reactive ketones (excluding diaryl/α,β-unsaturated/α-hetero) is 1. The van der Waals surface area contributed by atoms with Crippen molar-refractivity contribution >= 4 is 5.78 Å². The van der Waals surface area contributed by atoms with Crippen LogP contribution in [0.25, 0.3) is 0 Å². The number of rotatable bonds is 4. The molecular weight excluding hydrogens is 185 g/mol. The molecule has 13 heavy (non-hydrogen) atoms. The number of aliphatic hydroxyl groups is 1. The van der Waals surface area contributed by atoms with E-state index in [9.17, 15) is 18.0 Å². The number of ketones is 1. The molecule has 0 aromatic heterocycles. The first kappa shape index (κ1) is 12.4. The lowest BCUT2D eigenvalue weighted by Gasteiger charge is -2.18. The van der Waals surface area contributed by atoms with Crippen LogP contribution in [0.2, 0.25) is 0 Å². The van der Waals surface area contributed by atoms with Crippen molar-refractivity contribution in [1.29, 1.82) is 0 Å². The highest BCUT2D eigenvalue weighted by molar-refractivity contribution is 5.78. The van der Waals surface area contributed by atoms with E-state index in [0.29, 0.717) is 6.42 Å². The molecule has 0 aliphatic rings. The van der Waals surface area contributed by atoms with Gasteiger partial charge in [0.05, 0.1) is 0 Å². The summed E-state index contributed by atoms with van der Waals surface area (Å²) in [6, 6.07) is 0. The quantitative estimate of drug-likeness (QED) is 0.749. The van der Waals surface area contributed by atoms with Gasteiger partial charge in [0.25, 0.3) is 0 Å². The second-order valence-electron chi connectivity index (χ2n) is 3.01. The van der Waals surface area contributed by atoms with Crippen LogP contribution in [-0.4, -0.2) is 23.2 Å². The van der Waals surface area contributed by atoms with E-state index in [1.54, 1.807) is 6.92 Å². The highest BCUT2D eigenvalue weighted by Crippen LogP contribution is 2.26. The first-order chi connectivity index (χ1) is 5.79. The van der Waals surface area contributed by atoms with Gasteiger partial charge in [-0.3, -0.25) is 4.79 Å². The number of aliphatic hydroxyl groups excluding tert-OH is 1. The predicted molar refractivity (Wildman–Crippen MR) is 41.1 cm³/mol. The Bertz CT molecular complexity index is 177. The maximum Gasteiger partial charge on any atom is 0.414 e. The summed E-state index contributed by atoms with van der Waals surface area (Å²) < 4.78 is 35.5. The molecule has 78 valence electrons. The summed E-state index contributed by atoms with van der Waals surface area (Å²) in [5.74, 6) is -1.01. The second kappa shape index (κ2) is 4.60. The third-order valence-electron chi connectivity index (χ3n) is 1.95. The van der Waals surface area contributed by atoms with Crippen molar-refractivity contribution in [2.24, 2.45) is 5.92 Å². The van der Waals surface area contributed by atoms with Gasteiger partial charge in [0.2, 0.25) is 0 Å². The summed E-state index contributed by atoms with van der Waals surface area (Å²) in [7, 11) is 0. The number of hydrogen-bond donors (Lipinski definition) is 1. The molecule has 0 aromatic rings. The minimum Gasteiger partial charge on any atom is -0.384 e. The molecule has 2 unspecified atom stereocenters. The van der Waals surface area contributed by atoms with Crippen molar-refractivity contribution in [3.8, 4) is 0 Å². The lowest BCUT2D eigenvalue weighted by Crippen LogP contribution is -2.32. The Kier molecular flexibility index (Phi) is 4.39. The molecule has 0 aliphatic heterocycles. The van der Waals surface area contributed by atoms with Gasteiger partial charge in [0.15, 0.2) is 6.10 Å². The fraction of sp³-hybridized carbons (Fsp3) is 0.875. The monoisotopic (exact) mass is 198 g/mol. The molecule has 0 radical (unpaired) electrons. The van der Waals surface area contributed by atoms with Crippen molar-refractivity contribution in [3.63, 3.8) is 0 Å². The van der Waals surface area contributed by atoms with E-state index < -0.39 is 24.6 Å². The van der Waals surface area contributed by atoms with Gasteiger partial charge in [0, 0.05) is 5.92 Å². The Hall–Kier alpha value is -0.580. The average Bonchev–Trinajstić information content (AvgIpc) is 1.96. The van der Waals surface area contributed by atoms with E-state index in [4.69, 9.17) is 5.11 Å². The molecule has 0 aromatic carbocycles. The van der Waals surface area contributed by atoms with Crippen LogP contribution in [0.5, 0.6) is 0 Å². The molecule has 1 N–H and O–H groups in total. The highest BCUT2D eigenvalue weighted by Gasteiger charge is 2.39. The number of carbonyl (C=O) groups is 1. The van der Waals surface area contributed by atoms with E-state index in [2.05, 4.69) is 0 Å². The van der Waals surface area contributed by atoms with Gasteiger partial charge in [-0.25, -0.2) is 0 Å². The molecule has 0 saturated carbocycles. The number of halogens is 3. The van der Waals surface area contributed by atoms with E-state index in [0.717, 1.165) is 0 Å². The first-order valence-corrected chi connectivity index (χ1v) is 4.04. The van der Waals surface area contributed by atoms with Crippen LogP contribution in [0.4, 0.5) is 13.2 Å². The largest absolute Gasteiger partial charge is 0.414 e. The van der Waals surface area contributed by atoms with Gasteiger partial charge < -0.3 is 5.11 Å². The molecule has 0 aliphatic carbocycles. The number of alkyl halides is 3. The molecule has 0 amide bonds. The second-order valence-corrected chi connectivity index (χ2v) is 3.01. The zero-order valence-electron chi connectivity index (χ0n) is 7.56. The van der Waals surface area contributed by atoms with Crippen LogP contribution >= 0.6 is 0 Å². The molecular formula is C8H13F3O2. The van der Waals surface area contributed by atoms with Crippen LogP contribution in [0.3, 0.4) is 0 Å². The fourth-order valence-corrected chi connectivity index (χ4v) is 1.02.